The molecule has 2 aromatic heterocycles. The van der Waals surface area contributed by atoms with Crippen molar-refractivity contribution in [3.63, 3.8) is 0 Å². The van der Waals surface area contributed by atoms with Crippen LogP contribution in [0.25, 0.3) is 16.9 Å². The first kappa shape index (κ1) is 19.2. The number of aromatic nitrogens is 4. The minimum Gasteiger partial charge on any atom is -0.495 e. The normalized spacial score (nSPS) is 11.6. The fourth-order valence-corrected chi connectivity index (χ4v) is 3.55. The summed E-state index contributed by atoms with van der Waals surface area (Å²) in [4.78, 5) is 4.04. The second-order valence-electron chi connectivity index (χ2n) is 5.71. The number of halogens is 2. The van der Waals surface area contributed by atoms with Crippen molar-refractivity contribution >= 4 is 21.4 Å². The zero-order chi connectivity index (χ0) is 19.6. The maximum atomic E-state index is 14.9. The molecule has 0 saturated heterocycles. The number of sulfone groups is 1. The van der Waals surface area contributed by atoms with Gasteiger partial charge in [0, 0.05) is 23.1 Å². The van der Waals surface area contributed by atoms with Gasteiger partial charge in [0.25, 0.3) is 0 Å². The van der Waals surface area contributed by atoms with E-state index in [1.54, 1.807) is 18.5 Å². The second kappa shape index (κ2) is 7.61. The van der Waals surface area contributed by atoms with Crippen molar-refractivity contribution in [2.24, 2.45) is 0 Å². The maximum absolute atomic E-state index is 14.9. The molecule has 1 aromatic carbocycles. The highest BCUT2D eigenvalue weighted by atomic mass is 35.5. The fraction of sp³-hybridized carbons (Fsp3) is 0.235. The van der Waals surface area contributed by atoms with Crippen molar-refractivity contribution in [2.75, 3.05) is 12.9 Å². The predicted molar refractivity (Wildman–Crippen MR) is 99.3 cm³/mol. The van der Waals surface area contributed by atoms with E-state index in [-0.39, 0.29) is 22.0 Å². The summed E-state index contributed by atoms with van der Waals surface area (Å²) < 4.78 is 44.9. The Balaban J connectivity index is 2.03. The molecule has 0 amide bonds. The topological polar surface area (TPSA) is 87.0 Å². The molecule has 2 heterocycles. The lowest BCUT2D eigenvalue weighted by molar-refractivity contribution is 0.413. The second-order valence-corrected chi connectivity index (χ2v) is 8.47. The summed E-state index contributed by atoms with van der Waals surface area (Å²) in [5, 5.41) is 8.02. The van der Waals surface area contributed by atoms with Gasteiger partial charge in [-0.1, -0.05) is 29.8 Å². The summed E-state index contributed by atoms with van der Waals surface area (Å²) in [6.07, 6.45) is 4.60. The minimum atomic E-state index is -3.40. The molecule has 7 nitrogen and oxygen atoms in total. The van der Waals surface area contributed by atoms with E-state index in [0.717, 1.165) is 0 Å². The maximum Gasteiger partial charge on any atom is 0.154 e. The minimum absolute atomic E-state index is 0.0244. The number of pyridine rings is 1. The molecule has 0 radical (unpaired) electrons. The molecule has 0 unspecified atom stereocenters. The Hall–Kier alpha value is -2.52. The van der Waals surface area contributed by atoms with Gasteiger partial charge in [-0.05, 0) is 12.1 Å². The average molecular weight is 411 g/mol. The van der Waals surface area contributed by atoms with Gasteiger partial charge in [-0.3, -0.25) is 4.98 Å². The van der Waals surface area contributed by atoms with Crippen LogP contribution in [-0.2, 0) is 15.6 Å². The predicted octanol–water partition coefficient (Wildman–Crippen LogP) is 3.07. The fourth-order valence-electron chi connectivity index (χ4n) is 2.42. The van der Waals surface area contributed by atoms with Gasteiger partial charge in [0.05, 0.1) is 30.3 Å². The number of benzene rings is 1. The van der Waals surface area contributed by atoms with E-state index in [9.17, 15) is 12.8 Å². The molecule has 0 spiro atoms. The highest BCUT2D eigenvalue weighted by Crippen LogP contribution is 2.28. The molecule has 0 N–H and O–H groups in total. The summed E-state index contributed by atoms with van der Waals surface area (Å²) in [6, 6.07) is 4.51. The number of ether oxygens (including phenoxy) is 1. The number of rotatable bonds is 6. The third-order valence-electron chi connectivity index (χ3n) is 3.93. The quantitative estimate of drug-likeness (QED) is 0.620. The molecule has 10 heteroatoms. The Kier molecular flexibility index (Phi) is 5.43. The first-order valence-electron chi connectivity index (χ1n) is 7.94. The Morgan fingerprint density at radius 1 is 1.30 bits per heavy atom. The molecule has 0 atom stereocenters. The summed E-state index contributed by atoms with van der Waals surface area (Å²) in [6.45, 7) is 1.51. The van der Waals surface area contributed by atoms with E-state index in [1.165, 1.54) is 37.0 Å². The van der Waals surface area contributed by atoms with Crippen LogP contribution in [0.5, 0.6) is 5.75 Å². The van der Waals surface area contributed by atoms with Crippen LogP contribution >= 0.6 is 11.6 Å². The van der Waals surface area contributed by atoms with Crippen molar-refractivity contribution in [3.8, 4) is 22.7 Å². The molecule has 0 aliphatic heterocycles. The Morgan fingerprint density at radius 3 is 2.78 bits per heavy atom. The van der Waals surface area contributed by atoms with Gasteiger partial charge in [0.1, 0.15) is 17.1 Å². The molecule has 142 valence electrons. The lowest BCUT2D eigenvalue weighted by Gasteiger charge is -2.10. The van der Waals surface area contributed by atoms with Crippen LogP contribution in [0.2, 0.25) is 5.02 Å². The summed E-state index contributed by atoms with van der Waals surface area (Å²) >= 11 is 6.13. The summed E-state index contributed by atoms with van der Waals surface area (Å²) in [7, 11) is -1.89. The number of methoxy groups -OCH3 is 1. The summed E-state index contributed by atoms with van der Waals surface area (Å²) in [5.41, 5.74) is 1.02. The van der Waals surface area contributed by atoms with E-state index < -0.39 is 21.4 Å². The van der Waals surface area contributed by atoms with Gasteiger partial charge < -0.3 is 4.74 Å². The van der Waals surface area contributed by atoms with Crippen LogP contribution in [0, 0.1) is 5.82 Å². The Morgan fingerprint density at radius 2 is 2.07 bits per heavy atom. The summed E-state index contributed by atoms with van der Waals surface area (Å²) in [5.74, 6) is -0.709. The lowest BCUT2D eigenvalue weighted by atomic mass is 10.2. The van der Waals surface area contributed by atoms with Crippen LogP contribution < -0.4 is 4.74 Å². The van der Waals surface area contributed by atoms with E-state index in [0.29, 0.717) is 17.0 Å². The molecule has 3 aromatic rings. The van der Waals surface area contributed by atoms with Crippen molar-refractivity contribution in [2.45, 2.75) is 12.7 Å². The van der Waals surface area contributed by atoms with E-state index in [4.69, 9.17) is 16.3 Å². The van der Waals surface area contributed by atoms with Crippen LogP contribution in [0.4, 0.5) is 4.39 Å². The Labute approximate surface area is 160 Å². The number of nitrogens with zero attached hydrogens (tertiary/aromatic N) is 4. The standard InChI is InChI=1S/C17H16ClFN4O3S/c1-3-27(24,25)10-11-4-5-14(18)17(16(11)19)23-9-15(21-22-23)12-6-13(26-2)8-20-7-12/h4-9H,3,10H2,1-2H3. The molecular formula is C17H16ClFN4O3S. The van der Waals surface area contributed by atoms with Crippen LogP contribution in [0.3, 0.4) is 0 Å². The highest BCUT2D eigenvalue weighted by Gasteiger charge is 2.20. The van der Waals surface area contributed by atoms with Gasteiger partial charge in [0.15, 0.2) is 15.7 Å². The molecule has 0 saturated carbocycles. The average Bonchev–Trinajstić information content (AvgIpc) is 3.14. The third kappa shape index (κ3) is 4.09. The SMILES string of the molecule is CCS(=O)(=O)Cc1ccc(Cl)c(-n2cc(-c3cncc(OC)c3)nn2)c1F. The number of hydrogen-bond acceptors (Lipinski definition) is 6. The highest BCUT2D eigenvalue weighted by molar-refractivity contribution is 7.90. The van der Waals surface area contributed by atoms with Gasteiger partial charge in [-0.25, -0.2) is 17.5 Å². The molecule has 3 rings (SSSR count). The zero-order valence-electron chi connectivity index (χ0n) is 14.6. The molecule has 0 fully saturated rings. The van der Waals surface area contributed by atoms with Crippen molar-refractivity contribution < 1.29 is 17.5 Å². The molecular weight excluding hydrogens is 395 g/mol. The molecule has 0 aliphatic carbocycles. The van der Waals surface area contributed by atoms with E-state index >= 15 is 0 Å². The van der Waals surface area contributed by atoms with Gasteiger partial charge in [-0.15, -0.1) is 5.10 Å². The van der Waals surface area contributed by atoms with Crippen molar-refractivity contribution in [3.05, 3.63) is 53.2 Å². The first-order chi connectivity index (χ1) is 12.8. The number of hydrogen-bond donors (Lipinski definition) is 0. The van der Waals surface area contributed by atoms with Gasteiger partial charge >= 0.3 is 0 Å². The van der Waals surface area contributed by atoms with Crippen LogP contribution in [0.15, 0.2) is 36.8 Å². The lowest BCUT2D eigenvalue weighted by Crippen LogP contribution is -2.10. The van der Waals surface area contributed by atoms with Crippen LogP contribution in [-0.4, -0.2) is 41.3 Å². The van der Waals surface area contributed by atoms with Gasteiger partial charge in [-0.2, -0.15) is 0 Å². The Bertz CT molecular complexity index is 1090. The zero-order valence-corrected chi connectivity index (χ0v) is 16.1. The van der Waals surface area contributed by atoms with Crippen LogP contribution in [0.1, 0.15) is 12.5 Å². The molecule has 0 aliphatic rings. The van der Waals surface area contributed by atoms with Crippen molar-refractivity contribution in [1.29, 1.82) is 0 Å². The largest absolute Gasteiger partial charge is 0.495 e. The molecule has 27 heavy (non-hydrogen) atoms. The van der Waals surface area contributed by atoms with Crippen molar-refractivity contribution in [1.82, 2.24) is 20.0 Å². The van der Waals surface area contributed by atoms with E-state index in [1.807, 2.05) is 0 Å². The third-order valence-corrected chi connectivity index (χ3v) is 5.86. The van der Waals surface area contributed by atoms with Gasteiger partial charge in [0.2, 0.25) is 0 Å². The monoisotopic (exact) mass is 410 g/mol. The first-order valence-corrected chi connectivity index (χ1v) is 10.1. The smallest absolute Gasteiger partial charge is 0.154 e. The van der Waals surface area contributed by atoms with E-state index in [2.05, 4.69) is 15.3 Å². The molecule has 0 bridgehead atoms.